The molecule has 2 rings (SSSR count). The van der Waals surface area contributed by atoms with E-state index in [0.717, 1.165) is 0 Å². The monoisotopic (exact) mass is 363 g/mol. The van der Waals surface area contributed by atoms with E-state index in [1.54, 1.807) is 49.4 Å². The van der Waals surface area contributed by atoms with Crippen LogP contribution in [0.2, 0.25) is 5.02 Å². The molecule has 0 spiro atoms. The van der Waals surface area contributed by atoms with E-state index < -0.39 is 5.97 Å². The molecule has 0 radical (unpaired) electrons. The number of rotatable bonds is 6. The van der Waals surface area contributed by atoms with Gasteiger partial charge in [0.15, 0.2) is 5.75 Å². The molecule has 25 heavy (non-hydrogen) atoms. The molecule has 0 saturated carbocycles. The molecule has 0 aliphatic rings. The van der Waals surface area contributed by atoms with Crippen LogP contribution >= 0.6 is 11.6 Å². The molecule has 0 amide bonds. The molecule has 0 aliphatic heterocycles. The predicted octanol–water partition coefficient (Wildman–Crippen LogP) is 3.91. The van der Waals surface area contributed by atoms with Gasteiger partial charge in [-0.3, -0.25) is 0 Å². The number of nitrogens with zero attached hydrogens (tertiary/aromatic N) is 1. The topological polar surface area (TPSA) is 66.4 Å². The average Bonchev–Trinajstić information content (AvgIpc) is 2.65. The summed E-state index contributed by atoms with van der Waals surface area (Å²) in [5.74, 6) is -0.0593. The Morgan fingerprint density at radius 2 is 1.80 bits per heavy atom. The highest BCUT2D eigenvalue weighted by Gasteiger charge is 2.24. The Morgan fingerprint density at radius 1 is 1.08 bits per heavy atom. The van der Waals surface area contributed by atoms with E-state index in [1.165, 1.54) is 14.2 Å². The van der Waals surface area contributed by atoms with E-state index in [0.29, 0.717) is 16.3 Å². The zero-order chi connectivity index (χ0) is 18.2. The van der Waals surface area contributed by atoms with Crippen LogP contribution in [-0.4, -0.2) is 32.7 Å². The Labute approximate surface area is 150 Å². The number of hydrogen-bond acceptors (Lipinski definition) is 6. The van der Waals surface area contributed by atoms with Crippen LogP contribution in [0.5, 0.6) is 11.5 Å². The van der Waals surface area contributed by atoms with Crippen molar-refractivity contribution in [1.29, 1.82) is 0 Å². The lowest BCUT2D eigenvalue weighted by Gasteiger charge is -2.15. The lowest BCUT2D eigenvalue weighted by Crippen LogP contribution is -2.16. The summed E-state index contributed by atoms with van der Waals surface area (Å²) in [6, 6.07) is 11.8. The molecule has 6 nitrogen and oxygen atoms in total. The lowest BCUT2D eigenvalue weighted by atomic mass is 10.1. The largest absolute Gasteiger partial charge is 0.496 e. The summed E-state index contributed by atoms with van der Waals surface area (Å²) in [5.41, 5.74) is 0.655. The van der Waals surface area contributed by atoms with Gasteiger partial charge >= 0.3 is 5.97 Å². The van der Waals surface area contributed by atoms with Gasteiger partial charge in [-0.1, -0.05) is 29.8 Å². The first-order valence-corrected chi connectivity index (χ1v) is 7.88. The molecule has 2 aromatic carbocycles. The minimum atomic E-state index is -0.594. The summed E-state index contributed by atoms with van der Waals surface area (Å²) in [6.07, 6.45) is 0. The van der Waals surface area contributed by atoms with Crippen LogP contribution in [0.25, 0.3) is 0 Å². The van der Waals surface area contributed by atoms with Gasteiger partial charge in [0.2, 0.25) is 0 Å². The van der Waals surface area contributed by atoms with Crippen molar-refractivity contribution in [3.8, 4) is 11.5 Å². The van der Waals surface area contributed by atoms with Gasteiger partial charge in [0.1, 0.15) is 17.9 Å². The van der Waals surface area contributed by atoms with Crippen molar-refractivity contribution in [2.45, 2.75) is 6.92 Å². The van der Waals surface area contributed by atoms with Crippen molar-refractivity contribution in [3.63, 3.8) is 0 Å². The first kappa shape index (κ1) is 18.6. The number of oxime groups is 1. The molecule has 0 bridgehead atoms. The Hall–Kier alpha value is -2.73. The predicted molar refractivity (Wildman–Crippen MR) is 94.6 cm³/mol. The first-order valence-electron chi connectivity index (χ1n) is 7.50. The average molecular weight is 364 g/mol. The second-order valence-electron chi connectivity index (χ2n) is 4.73. The fourth-order valence-corrected chi connectivity index (χ4v) is 2.31. The number of esters is 1. The number of carbonyl (C=O) groups excluding carboxylic acids is 1. The number of carbonyl (C=O) groups is 1. The van der Waals surface area contributed by atoms with Crippen LogP contribution < -0.4 is 9.47 Å². The van der Waals surface area contributed by atoms with Crippen LogP contribution in [0.1, 0.15) is 22.8 Å². The van der Waals surface area contributed by atoms with Gasteiger partial charge < -0.3 is 19.0 Å². The van der Waals surface area contributed by atoms with Crippen molar-refractivity contribution in [2.75, 3.05) is 20.8 Å². The normalized spacial score (nSPS) is 11.0. The van der Waals surface area contributed by atoms with Crippen LogP contribution in [0.15, 0.2) is 47.6 Å². The third kappa shape index (κ3) is 4.42. The number of benzene rings is 2. The molecule has 0 unspecified atom stereocenters. The van der Waals surface area contributed by atoms with Crippen LogP contribution in [0.4, 0.5) is 0 Å². The van der Waals surface area contributed by atoms with Gasteiger partial charge in [-0.2, -0.15) is 0 Å². The number of methoxy groups -OCH3 is 2. The van der Waals surface area contributed by atoms with Crippen LogP contribution in [0, 0.1) is 0 Å². The Kier molecular flexibility index (Phi) is 6.65. The molecule has 0 heterocycles. The molecule has 0 aliphatic carbocycles. The standard InChI is InChI=1S/C18H18ClNO5/c1-4-24-20-17(25-18(21)12-8-6-5-7-9-12)15-14(22-2)11-10-13(19)16(15)23-3/h5-11H,4H2,1-3H3. The van der Waals surface area contributed by atoms with E-state index in [2.05, 4.69) is 5.16 Å². The van der Waals surface area contributed by atoms with Crippen molar-refractivity contribution in [2.24, 2.45) is 5.16 Å². The molecular weight excluding hydrogens is 346 g/mol. The maximum Gasteiger partial charge on any atom is 0.344 e. The second-order valence-corrected chi connectivity index (χ2v) is 5.13. The highest BCUT2D eigenvalue weighted by molar-refractivity contribution is 6.33. The molecule has 0 aromatic heterocycles. The molecule has 0 fully saturated rings. The third-order valence-corrected chi connectivity index (χ3v) is 3.48. The van der Waals surface area contributed by atoms with E-state index >= 15 is 0 Å². The Balaban J connectivity index is 2.48. The summed E-state index contributed by atoms with van der Waals surface area (Å²) in [5, 5.41) is 4.21. The number of hydrogen-bond donors (Lipinski definition) is 0. The fourth-order valence-electron chi connectivity index (χ4n) is 2.07. The molecule has 0 atom stereocenters. The first-order chi connectivity index (χ1) is 12.1. The third-order valence-electron chi connectivity index (χ3n) is 3.18. The molecular formula is C18H18ClNO5. The number of halogens is 1. The maximum atomic E-state index is 12.4. The van der Waals surface area contributed by atoms with Gasteiger partial charge in [0.05, 0.1) is 24.8 Å². The zero-order valence-corrected chi connectivity index (χ0v) is 14.9. The van der Waals surface area contributed by atoms with Crippen molar-refractivity contribution in [3.05, 3.63) is 58.6 Å². The number of ether oxygens (including phenoxy) is 3. The Morgan fingerprint density at radius 3 is 2.40 bits per heavy atom. The summed E-state index contributed by atoms with van der Waals surface area (Å²) in [4.78, 5) is 17.5. The Bertz CT molecular complexity index is 762. The van der Waals surface area contributed by atoms with Gasteiger partial charge in [-0.05, 0) is 36.3 Å². The second kappa shape index (κ2) is 8.94. The minimum Gasteiger partial charge on any atom is -0.496 e. The van der Waals surface area contributed by atoms with Crippen molar-refractivity contribution >= 4 is 23.5 Å². The molecule has 0 N–H and O–H groups in total. The van der Waals surface area contributed by atoms with E-state index in [-0.39, 0.29) is 23.8 Å². The van der Waals surface area contributed by atoms with Gasteiger partial charge in [-0.25, -0.2) is 4.79 Å². The quantitative estimate of drug-likeness (QED) is 0.337. The van der Waals surface area contributed by atoms with Gasteiger partial charge in [-0.15, -0.1) is 0 Å². The fraction of sp³-hybridized carbons (Fsp3) is 0.222. The van der Waals surface area contributed by atoms with E-state index in [1.807, 2.05) is 0 Å². The van der Waals surface area contributed by atoms with E-state index in [9.17, 15) is 4.79 Å². The van der Waals surface area contributed by atoms with Gasteiger partial charge in [0.25, 0.3) is 5.90 Å². The highest BCUT2D eigenvalue weighted by Crippen LogP contribution is 2.36. The molecule has 7 heteroatoms. The summed E-state index contributed by atoms with van der Waals surface area (Å²) < 4.78 is 16.1. The molecule has 132 valence electrons. The van der Waals surface area contributed by atoms with E-state index in [4.69, 9.17) is 30.6 Å². The summed E-state index contributed by atoms with van der Waals surface area (Å²) >= 11 is 6.17. The van der Waals surface area contributed by atoms with Crippen molar-refractivity contribution < 1.29 is 23.8 Å². The molecule has 2 aromatic rings. The highest BCUT2D eigenvalue weighted by atomic mass is 35.5. The molecule has 0 saturated heterocycles. The van der Waals surface area contributed by atoms with Crippen LogP contribution in [-0.2, 0) is 9.57 Å². The lowest BCUT2D eigenvalue weighted by molar-refractivity contribution is 0.0693. The summed E-state index contributed by atoms with van der Waals surface area (Å²) in [7, 11) is 2.92. The zero-order valence-electron chi connectivity index (χ0n) is 14.1. The maximum absolute atomic E-state index is 12.4. The van der Waals surface area contributed by atoms with Crippen molar-refractivity contribution in [1.82, 2.24) is 0 Å². The van der Waals surface area contributed by atoms with Crippen LogP contribution in [0.3, 0.4) is 0 Å². The smallest absolute Gasteiger partial charge is 0.344 e. The SMILES string of the molecule is CCON=C(OC(=O)c1ccccc1)c1c(OC)ccc(Cl)c1OC. The van der Waals surface area contributed by atoms with Gasteiger partial charge in [0, 0.05) is 0 Å². The minimum absolute atomic E-state index is 0.105. The summed E-state index contributed by atoms with van der Waals surface area (Å²) in [6.45, 7) is 2.05.